The van der Waals surface area contributed by atoms with Crippen LogP contribution in [0.5, 0.6) is 0 Å². The molecule has 0 unspecified atom stereocenters. The fourth-order valence-electron chi connectivity index (χ4n) is 4.29. The van der Waals surface area contributed by atoms with Gasteiger partial charge in [0.15, 0.2) is 10.8 Å². The SMILES string of the molecule is Cc1cccc(-n2nc(C)c3sc(N4CCN(C(=O)c5ccc(C(C)C)cc5)CC4)nc32)c1. The Kier molecular flexibility index (Phi) is 5.66. The van der Waals surface area contributed by atoms with Crippen LogP contribution in [0.4, 0.5) is 5.13 Å². The van der Waals surface area contributed by atoms with Crippen LogP contribution in [0.1, 0.15) is 46.9 Å². The number of fused-ring (bicyclic) bond motifs is 1. The third-order valence-corrected chi connectivity index (χ3v) is 7.50. The lowest BCUT2D eigenvalue weighted by atomic mass is 10.0. The van der Waals surface area contributed by atoms with Gasteiger partial charge >= 0.3 is 0 Å². The van der Waals surface area contributed by atoms with Gasteiger partial charge in [-0.3, -0.25) is 4.79 Å². The molecule has 7 heteroatoms. The van der Waals surface area contributed by atoms with Crippen LogP contribution in [-0.4, -0.2) is 51.8 Å². The van der Waals surface area contributed by atoms with Gasteiger partial charge in [-0.2, -0.15) is 10.1 Å². The van der Waals surface area contributed by atoms with Gasteiger partial charge in [-0.25, -0.2) is 4.68 Å². The predicted octanol–water partition coefficient (Wildman–Crippen LogP) is 5.18. The topological polar surface area (TPSA) is 54.3 Å². The van der Waals surface area contributed by atoms with Crippen LogP contribution in [0.3, 0.4) is 0 Å². The van der Waals surface area contributed by atoms with Crippen LogP contribution in [0.2, 0.25) is 0 Å². The van der Waals surface area contributed by atoms with Crippen molar-refractivity contribution in [1.82, 2.24) is 19.7 Å². The number of hydrogen-bond donors (Lipinski definition) is 0. The fourth-order valence-corrected chi connectivity index (χ4v) is 5.33. The van der Waals surface area contributed by atoms with Crippen LogP contribution >= 0.6 is 11.3 Å². The van der Waals surface area contributed by atoms with Gasteiger partial charge in [0, 0.05) is 31.7 Å². The van der Waals surface area contributed by atoms with Gasteiger partial charge in [0.25, 0.3) is 5.91 Å². The Balaban J connectivity index is 1.31. The highest BCUT2D eigenvalue weighted by molar-refractivity contribution is 7.22. The first-order valence-corrected chi connectivity index (χ1v) is 12.3. The van der Waals surface area contributed by atoms with E-state index in [1.165, 1.54) is 11.1 Å². The lowest BCUT2D eigenvalue weighted by molar-refractivity contribution is 0.0746. The second-order valence-corrected chi connectivity index (χ2v) is 10.0. The quantitative estimate of drug-likeness (QED) is 0.422. The van der Waals surface area contributed by atoms with E-state index >= 15 is 0 Å². The van der Waals surface area contributed by atoms with Crippen molar-refractivity contribution in [3.8, 4) is 5.69 Å². The number of hydrogen-bond acceptors (Lipinski definition) is 5. The Morgan fingerprint density at radius 2 is 1.73 bits per heavy atom. The first-order valence-electron chi connectivity index (χ1n) is 11.5. The van der Waals surface area contributed by atoms with Gasteiger partial charge in [0.2, 0.25) is 0 Å². The van der Waals surface area contributed by atoms with E-state index in [2.05, 4.69) is 56.0 Å². The molecule has 1 aliphatic rings. The maximum Gasteiger partial charge on any atom is 0.253 e. The summed E-state index contributed by atoms with van der Waals surface area (Å²) in [5, 5.41) is 5.73. The molecule has 1 aliphatic heterocycles. The van der Waals surface area contributed by atoms with Gasteiger partial charge in [-0.05, 0) is 55.2 Å². The zero-order valence-electron chi connectivity index (χ0n) is 19.6. The molecule has 0 saturated carbocycles. The monoisotopic (exact) mass is 459 g/mol. The Labute approximate surface area is 198 Å². The van der Waals surface area contributed by atoms with Gasteiger partial charge in [0.1, 0.15) is 0 Å². The molecule has 6 nitrogen and oxygen atoms in total. The minimum absolute atomic E-state index is 0.111. The minimum atomic E-state index is 0.111. The van der Waals surface area contributed by atoms with E-state index in [9.17, 15) is 4.79 Å². The molecule has 3 heterocycles. The molecule has 1 fully saturated rings. The zero-order valence-corrected chi connectivity index (χ0v) is 20.4. The Hall–Kier alpha value is -3.19. The average molecular weight is 460 g/mol. The summed E-state index contributed by atoms with van der Waals surface area (Å²) in [7, 11) is 0. The van der Waals surface area contributed by atoms with Crippen LogP contribution in [0, 0.1) is 13.8 Å². The number of aryl methyl sites for hydroxylation is 2. The molecule has 0 aliphatic carbocycles. The third kappa shape index (κ3) is 4.13. The smallest absolute Gasteiger partial charge is 0.253 e. The number of anilines is 1. The molecular weight excluding hydrogens is 430 g/mol. The maximum absolute atomic E-state index is 13.0. The molecule has 1 amide bonds. The highest BCUT2D eigenvalue weighted by Gasteiger charge is 2.25. The minimum Gasteiger partial charge on any atom is -0.344 e. The van der Waals surface area contributed by atoms with Crippen LogP contribution < -0.4 is 4.90 Å². The van der Waals surface area contributed by atoms with Crippen LogP contribution in [-0.2, 0) is 0 Å². The van der Waals surface area contributed by atoms with Crippen molar-refractivity contribution in [2.24, 2.45) is 0 Å². The van der Waals surface area contributed by atoms with E-state index in [4.69, 9.17) is 10.1 Å². The molecule has 5 rings (SSSR count). The molecule has 33 heavy (non-hydrogen) atoms. The van der Waals surface area contributed by atoms with Gasteiger partial charge in [-0.15, -0.1) is 0 Å². The molecule has 2 aromatic carbocycles. The third-order valence-electron chi connectivity index (χ3n) is 6.29. The summed E-state index contributed by atoms with van der Waals surface area (Å²) in [5.41, 5.74) is 6.15. The standard InChI is InChI=1S/C26H29N5OS/c1-17(2)20-8-10-21(11-9-20)25(32)29-12-14-30(15-13-29)26-27-24-23(33-26)19(4)28-31(24)22-7-5-6-18(3)16-22/h5-11,16-17H,12-15H2,1-4H3. The fraction of sp³-hybridized carbons (Fsp3) is 0.346. The summed E-state index contributed by atoms with van der Waals surface area (Å²) in [6.45, 7) is 11.4. The number of nitrogens with zero attached hydrogens (tertiary/aromatic N) is 5. The number of benzene rings is 2. The predicted molar refractivity (Wildman–Crippen MR) is 135 cm³/mol. The summed E-state index contributed by atoms with van der Waals surface area (Å²) in [4.78, 5) is 22.2. The highest BCUT2D eigenvalue weighted by Crippen LogP contribution is 2.33. The molecule has 0 atom stereocenters. The maximum atomic E-state index is 13.0. The lowest BCUT2D eigenvalue weighted by Crippen LogP contribution is -2.48. The molecule has 170 valence electrons. The van der Waals surface area contributed by atoms with Crippen molar-refractivity contribution >= 4 is 32.7 Å². The Bertz CT molecular complexity index is 1300. The normalized spacial score (nSPS) is 14.5. The molecular formula is C26H29N5OS. The molecule has 0 bridgehead atoms. The average Bonchev–Trinajstić information content (AvgIpc) is 3.39. The van der Waals surface area contributed by atoms with Crippen molar-refractivity contribution in [3.05, 3.63) is 70.9 Å². The highest BCUT2D eigenvalue weighted by atomic mass is 32.1. The van der Waals surface area contributed by atoms with Gasteiger partial charge in [-0.1, -0.05) is 49.4 Å². The molecule has 4 aromatic rings. The Morgan fingerprint density at radius 3 is 2.39 bits per heavy atom. The van der Waals surface area contributed by atoms with Crippen molar-refractivity contribution in [2.75, 3.05) is 31.1 Å². The van der Waals surface area contributed by atoms with Crippen molar-refractivity contribution in [2.45, 2.75) is 33.6 Å². The van der Waals surface area contributed by atoms with Gasteiger partial charge in [0.05, 0.1) is 16.1 Å². The number of piperazine rings is 1. The number of aromatic nitrogens is 3. The number of rotatable bonds is 4. The van der Waals surface area contributed by atoms with E-state index in [1.54, 1.807) is 11.3 Å². The largest absolute Gasteiger partial charge is 0.344 e. The number of carbonyl (C=O) groups excluding carboxylic acids is 1. The number of carbonyl (C=O) groups is 1. The molecule has 0 radical (unpaired) electrons. The zero-order chi connectivity index (χ0) is 23.1. The second kappa shape index (κ2) is 8.63. The van der Waals surface area contributed by atoms with Crippen molar-refractivity contribution < 1.29 is 4.79 Å². The van der Waals surface area contributed by atoms with Crippen molar-refractivity contribution in [3.63, 3.8) is 0 Å². The number of amides is 1. The molecule has 0 N–H and O–H groups in total. The van der Waals surface area contributed by atoms with E-state index in [-0.39, 0.29) is 5.91 Å². The first-order chi connectivity index (χ1) is 15.9. The van der Waals surface area contributed by atoms with E-state index in [0.29, 0.717) is 19.0 Å². The van der Waals surface area contributed by atoms with E-state index in [1.807, 2.05) is 34.7 Å². The summed E-state index contributed by atoms with van der Waals surface area (Å²) in [5.74, 6) is 0.577. The Morgan fingerprint density at radius 1 is 1.00 bits per heavy atom. The number of thiazole rings is 1. The van der Waals surface area contributed by atoms with Crippen molar-refractivity contribution in [1.29, 1.82) is 0 Å². The molecule has 2 aromatic heterocycles. The summed E-state index contributed by atoms with van der Waals surface area (Å²) >= 11 is 1.69. The van der Waals surface area contributed by atoms with Crippen LogP contribution in [0.15, 0.2) is 48.5 Å². The van der Waals surface area contributed by atoms with Crippen LogP contribution in [0.25, 0.3) is 16.0 Å². The van der Waals surface area contributed by atoms with E-state index < -0.39 is 0 Å². The van der Waals surface area contributed by atoms with Gasteiger partial charge < -0.3 is 9.80 Å². The first kappa shape index (κ1) is 21.6. The summed E-state index contributed by atoms with van der Waals surface area (Å²) < 4.78 is 3.06. The summed E-state index contributed by atoms with van der Waals surface area (Å²) in [6, 6.07) is 16.4. The molecule has 0 spiro atoms. The second-order valence-electron chi connectivity index (χ2n) is 9.04. The molecule has 1 saturated heterocycles. The lowest BCUT2D eigenvalue weighted by Gasteiger charge is -2.34. The van der Waals surface area contributed by atoms with E-state index in [0.717, 1.165) is 45.5 Å². The summed E-state index contributed by atoms with van der Waals surface area (Å²) in [6.07, 6.45) is 0.